The summed E-state index contributed by atoms with van der Waals surface area (Å²) in [6.45, 7) is 3.78. The number of amides is 1. The van der Waals surface area contributed by atoms with Crippen molar-refractivity contribution in [2.45, 2.75) is 32.7 Å². The summed E-state index contributed by atoms with van der Waals surface area (Å²) < 4.78 is 5.58. The van der Waals surface area contributed by atoms with Gasteiger partial charge in [-0.15, -0.1) is 0 Å². The van der Waals surface area contributed by atoms with Crippen molar-refractivity contribution in [3.63, 3.8) is 0 Å². The largest absolute Gasteiger partial charge is 0.456 e. The van der Waals surface area contributed by atoms with Crippen LogP contribution in [0.25, 0.3) is 10.9 Å². The number of fused-ring (bicyclic) bond motifs is 1. The maximum absolute atomic E-state index is 12.4. The molecule has 1 amide bonds. The zero-order chi connectivity index (χ0) is 17.1. The van der Waals surface area contributed by atoms with Crippen molar-refractivity contribution in [1.82, 2.24) is 10.3 Å². The number of rotatable bonds is 6. The zero-order valence-electron chi connectivity index (χ0n) is 13.9. The molecule has 2 heterocycles. The van der Waals surface area contributed by atoms with Gasteiger partial charge in [-0.1, -0.05) is 25.1 Å². The van der Waals surface area contributed by atoms with E-state index in [0.717, 1.165) is 34.2 Å². The molecule has 0 bridgehead atoms. The number of hydrogen-bond donors (Lipinski definition) is 3. The van der Waals surface area contributed by atoms with Gasteiger partial charge in [0.2, 0.25) is 0 Å². The number of para-hydroxylation sites is 1. The number of H-pyrrole nitrogens is 1. The van der Waals surface area contributed by atoms with E-state index in [1.807, 2.05) is 44.3 Å². The normalized spacial score (nSPS) is 12.5. The fourth-order valence-corrected chi connectivity index (χ4v) is 2.97. The first kappa shape index (κ1) is 16.3. The van der Waals surface area contributed by atoms with Crippen LogP contribution in [0.2, 0.25) is 0 Å². The summed E-state index contributed by atoms with van der Waals surface area (Å²) >= 11 is 0. The van der Waals surface area contributed by atoms with Gasteiger partial charge in [0.25, 0.3) is 5.91 Å². The molecule has 0 spiro atoms. The Bertz CT molecular complexity index is 847. The summed E-state index contributed by atoms with van der Waals surface area (Å²) in [5.41, 5.74) is 3.08. The fraction of sp³-hybridized carbons (Fsp3) is 0.316. The second-order valence-corrected chi connectivity index (χ2v) is 5.99. The molecule has 3 aromatic rings. The number of furan rings is 1. The molecule has 0 fully saturated rings. The molecule has 0 aliphatic heterocycles. The monoisotopic (exact) mass is 326 g/mol. The van der Waals surface area contributed by atoms with Crippen LogP contribution in [0, 0.1) is 6.92 Å². The van der Waals surface area contributed by atoms with Crippen LogP contribution in [-0.2, 0) is 12.8 Å². The fourth-order valence-electron chi connectivity index (χ4n) is 2.97. The van der Waals surface area contributed by atoms with E-state index in [1.54, 1.807) is 6.07 Å². The summed E-state index contributed by atoms with van der Waals surface area (Å²) in [6.07, 6.45) is 3.22. The van der Waals surface area contributed by atoms with Gasteiger partial charge in [0.1, 0.15) is 5.76 Å². The highest BCUT2D eigenvalue weighted by Gasteiger charge is 2.19. The molecule has 24 heavy (non-hydrogen) atoms. The molecule has 0 aliphatic carbocycles. The molecule has 3 rings (SSSR count). The van der Waals surface area contributed by atoms with Crippen molar-refractivity contribution in [3.05, 3.63) is 59.2 Å². The summed E-state index contributed by atoms with van der Waals surface area (Å²) in [7, 11) is 0. The molecular weight excluding hydrogens is 304 g/mol. The number of aliphatic hydroxyl groups excluding tert-OH is 1. The summed E-state index contributed by atoms with van der Waals surface area (Å²) in [5, 5.41) is 13.6. The van der Waals surface area contributed by atoms with Gasteiger partial charge >= 0.3 is 0 Å². The Kier molecular flexibility index (Phi) is 4.71. The number of aromatic nitrogens is 1. The van der Waals surface area contributed by atoms with Crippen molar-refractivity contribution < 1.29 is 14.3 Å². The van der Waals surface area contributed by atoms with Gasteiger partial charge in [0, 0.05) is 23.5 Å². The summed E-state index contributed by atoms with van der Waals surface area (Å²) in [6, 6.07) is 9.35. The Morgan fingerprint density at radius 3 is 2.88 bits per heavy atom. The van der Waals surface area contributed by atoms with E-state index in [0.29, 0.717) is 12.2 Å². The number of carbonyl (C=O) groups is 1. The van der Waals surface area contributed by atoms with Gasteiger partial charge < -0.3 is 19.8 Å². The van der Waals surface area contributed by atoms with Gasteiger partial charge in [-0.05, 0) is 36.6 Å². The van der Waals surface area contributed by atoms with Gasteiger partial charge in [-0.3, -0.25) is 4.79 Å². The van der Waals surface area contributed by atoms with Crippen LogP contribution < -0.4 is 5.32 Å². The first-order valence-electron chi connectivity index (χ1n) is 8.18. The molecular formula is C19H22N2O3. The van der Waals surface area contributed by atoms with Crippen molar-refractivity contribution in [3.8, 4) is 0 Å². The minimum Gasteiger partial charge on any atom is -0.456 e. The molecule has 126 valence electrons. The third kappa shape index (κ3) is 3.21. The van der Waals surface area contributed by atoms with E-state index in [4.69, 9.17) is 4.42 Å². The van der Waals surface area contributed by atoms with Gasteiger partial charge in [0.15, 0.2) is 5.76 Å². The Morgan fingerprint density at radius 2 is 2.17 bits per heavy atom. The lowest BCUT2D eigenvalue weighted by Gasteiger charge is -2.15. The molecule has 0 saturated heterocycles. The number of aromatic amines is 1. The quantitative estimate of drug-likeness (QED) is 0.651. The number of carbonyl (C=O) groups excluding carboxylic acids is 1. The third-order valence-corrected chi connectivity index (χ3v) is 4.26. The van der Waals surface area contributed by atoms with E-state index in [9.17, 15) is 9.90 Å². The molecule has 5 nitrogen and oxygen atoms in total. The molecule has 0 unspecified atom stereocenters. The van der Waals surface area contributed by atoms with E-state index >= 15 is 0 Å². The van der Waals surface area contributed by atoms with Crippen LogP contribution in [-0.4, -0.2) is 28.6 Å². The Balaban J connectivity index is 1.73. The molecule has 0 saturated carbocycles. The standard InChI is InChI=1S/C19H22N2O3/c1-3-17-12(2)8-18(24-17)19(23)21-14(11-22)9-13-10-20-16-7-5-4-6-15(13)16/h4-8,10,14,20,22H,3,9,11H2,1-2H3,(H,21,23)/t14-/m0/s1. The Hall–Kier alpha value is -2.53. The highest BCUT2D eigenvalue weighted by Crippen LogP contribution is 2.19. The van der Waals surface area contributed by atoms with Crippen LogP contribution in [0.5, 0.6) is 0 Å². The highest BCUT2D eigenvalue weighted by molar-refractivity contribution is 5.92. The molecule has 1 atom stereocenters. The molecule has 2 aromatic heterocycles. The number of hydrogen-bond acceptors (Lipinski definition) is 3. The molecule has 0 radical (unpaired) electrons. The molecule has 5 heteroatoms. The maximum Gasteiger partial charge on any atom is 0.287 e. The predicted octanol–water partition coefficient (Wildman–Crippen LogP) is 2.97. The molecule has 0 aliphatic rings. The lowest BCUT2D eigenvalue weighted by molar-refractivity contribution is 0.0887. The zero-order valence-corrected chi connectivity index (χ0v) is 13.9. The van der Waals surface area contributed by atoms with Crippen molar-refractivity contribution in [2.75, 3.05) is 6.61 Å². The third-order valence-electron chi connectivity index (χ3n) is 4.26. The maximum atomic E-state index is 12.4. The lowest BCUT2D eigenvalue weighted by Crippen LogP contribution is -2.38. The minimum atomic E-state index is -0.368. The van der Waals surface area contributed by atoms with Crippen molar-refractivity contribution in [1.29, 1.82) is 0 Å². The van der Waals surface area contributed by atoms with Gasteiger partial charge in [0.05, 0.1) is 12.6 Å². The van der Waals surface area contributed by atoms with Crippen LogP contribution in [0.1, 0.15) is 34.4 Å². The van der Waals surface area contributed by atoms with Crippen LogP contribution >= 0.6 is 0 Å². The van der Waals surface area contributed by atoms with E-state index < -0.39 is 0 Å². The summed E-state index contributed by atoms with van der Waals surface area (Å²) in [4.78, 5) is 15.6. The predicted molar refractivity (Wildman–Crippen MR) is 93.2 cm³/mol. The van der Waals surface area contributed by atoms with Gasteiger partial charge in [-0.2, -0.15) is 0 Å². The van der Waals surface area contributed by atoms with E-state index in [2.05, 4.69) is 10.3 Å². The van der Waals surface area contributed by atoms with Crippen LogP contribution in [0.4, 0.5) is 0 Å². The van der Waals surface area contributed by atoms with Crippen LogP contribution in [0.3, 0.4) is 0 Å². The minimum absolute atomic E-state index is 0.133. The summed E-state index contributed by atoms with van der Waals surface area (Å²) in [5.74, 6) is 0.816. The van der Waals surface area contributed by atoms with Crippen LogP contribution in [0.15, 0.2) is 40.9 Å². The number of benzene rings is 1. The van der Waals surface area contributed by atoms with Gasteiger partial charge in [-0.25, -0.2) is 0 Å². The van der Waals surface area contributed by atoms with E-state index in [-0.39, 0.29) is 18.6 Å². The SMILES string of the molecule is CCc1oc(C(=O)N[C@H](CO)Cc2c[nH]c3ccccc23)cc1C. The topological polar surface area (TPSA) is 78.3 Å². The first-order valence-corrected chi connectivity index (χ1v) is 8.18. The average molecular weight is 326 g/mol. The Morgan fingerprint density at radius 1 is 1.38 bits per heavy atom. The molecule has 3 N–H and O–H groups in total. The average Bonchev–Trinajstić information content (AvgIpc) is 3.17. The van der Waals surface area contributed by atoms with E-state index in [1.165, 1.54) is 0 Å². The second-order valence-electron chi connectivity index (χ2n) is 5.99. The first-order chi connectivity index (χ1) is 11.6. The lowest BCUT2D eigenvalue weighted by atomic mass is 10.1. The smallest absolute Gasteiger partial charge is 0.287 e. The highest BCUT2D eigenvalue weighted by atomic mass is 16.4. The number of nitrogens with one attached hydrogen (secondary N) is 2. The number of aryl methyl sites for hydroxylation is 2. The van der Waals surface area contributed by atoms with Crippen molar-refractivity contribution >= 4 is 16.8 Å². The Labute approximate surface area is 140 Å². The van der Waals surface area contributed by atoms with Crippen molar-refractivity contribution in [2.24, 2.45) is 0 Å². The second kappa shape index (κ2) is 6.93. The number of aliphatic hydroxyl groups is 1. The molecule has 1 aromatic carbocycles.